The van der Waals surface area contributed by atoms with E-state index in [1.807, 2.05) is 50.7 Å². The SMILES string of the molecule is CCCCCCCCCCCCCCCC(=O)OCC(COC(=O)CCCCCCCCCCCCCCC)OC(=O)CC(C)CCCCC(C)C(=O)OC(C)n1ccc2c(N(C)[C@H]3CN(C(=O)CC#N)CC[C@H]3C)ncnc21. The quantitative estimate of drug-likeness (QED) is 0.0347. The van der Waals surface area contributed by atoms with Crippen molar-refractivity contribution in [2.75, 3.05) is 38.3 Å². The van der Waals surface area contributed by atoms with Crippen molar-refractivity contribution in [1.82, 2.24) is 19.4 Å². The van der Waals surface area contributed by atoms with Crippen LogP contribution >= 0.6 is 0 Å². The third-order valence-electron chi connectivity index (χ3n) is 16.1. The topological polar surface area (TPSA) is 183 Å². The molecule has 0 N–H and O–H groups in total. The summed E-state index contributed by atoms with van der Waals surface area (Å²) in [5.41, 5.74) is 0.631. The highest BCUT2D eigenvalue weighted by molar-refractivity contribution is 5.88. The minimum absolute atomic E-state index is 0.00364. The van der Waals surface area contributed by atoms with E-state index < -0.39 is 18.3 Å². The number of piperidine rings is 1. The molecule has 2 aromatic rings. The summed E-state index contributed by atoms with van der Waals surface area (Å²) >= 11 is 0. The molecule has 1 fully saturated rings. The Labute approximate surface area is 477 Å². The lowest BCUT2D eigenvalue weighted by molar-refractivity contribution is -0.167. The van der Waals surface area contributed by atoms with Crippen molar-refractivity contribution < 1.29 is 42.9 Å². The lowest BCUT2D eigenvalue weighted by Crippen LogP contribution is -2.52. The van der Waals surface area contributed by atoms with Crippen LogP contribution in [0.4, 0.5) is 5.82 Å². The average Bonchev–Trinajstić information content (AvgIpc) is 4.12. The second kappa shape index (κ2) is 42.2. The summed E-state index contributed by atoms with van der Waals surface area (Å²) in [6.07, 6.45) is 38.0. The molecule has 1 aliphatic heterocycles. The zero-order chi connectivity index (χ0) is 57.5. The molecule has 448 valence electrons. The molecular weight excluding hydrogens is 997 g/mol. The van der Waals surface area contributed by atoms with Crippen molar-refractivity contribution in [3.05, 3.63) is 18.6 Å². The van der Waals surface area contributed by atoms with Gasteiger partial charge >= 0.3 is 23.9 Å². The maximum atomic E-state index is 13.4. The van der Waals surface area contributed by atoms with Gasteiger partial charge in [-0.05, 0) is 50.5 Å². The first kappa shape index (κ1) is 68.5. The van der Waals surface area contributed by atoms with Crippen LogP contribution in [0.15, 0.2) is 18.6 Å². The Morgan fingerprint density at radius 2 is 1.16 bits per heavy atom. The standard InChI is InChI=1S/C64H108N6O9/c1-8-10-12-14-16-18-20-22-24-26-28-30-32-38-59(72)76-48-55(49-77-60(73)39-33-31-29-27-25-23-21-19-17-15-13-11-9-2)79-61(74)46-51(3)36-34-35-37-53(5)64(75)78-54(6)70-45-42-56-62(66-50-67-63(56)70)68(7)57-47-69(44-41-52(57)4)58(71)40-43-65/h42,45,50-55,57H,8-41,44,46-49H2,1-7H3/t51?,52-,53?,54?,57+/m1/s1. The number of fused-ring (bicyclic) bond motifs is 1. The number of esters is 4. The maximum Gasteiger partial charge on any atom is 0.310 e. The second-order valence-electron chi connectivity index (χ2n) is 23.3. The molecule has 15 nitrogen and oxygen atoms in total. The first-order valence-corrected chi connectivity index (χ1v) is 31.7. The molecule has 79 heavy (non-hydrogen) atoms. The van der Waals surface area contributed by atoms with E-state index in [9.17, 15) is 24.0 Å². The molecule has 1 amide bonds. The highest BCUT2D eigenvalue weighted by Gasteiger charge is 2.33. The molecule has 1 saturated heterocycles. The van der Waals surface area contributed by atoms with Gasteiger partial charge in [0.15, 0.2) is 12.3 Å². The molecule has 0 bridgehead atoms. The van der Waals surface area contributed by atoms with Crippen molar-refractivity contribution in [2.45, 2.75) is 285 Å². The molecule has 0 saturated carbocycles. The number of unbranched alkanes of at least 4 members (excludes halogenated alkanes) is 25. The van der Waals surface area contributed by atoms with E-state index in [-0.39, 0.29) is 67.7 Å². The van der Waals surface area contributed by atoms with Crippen molar-refractivity contribution in [3.63, 3.8) is 0 Å². The fourth-order valence-corrected chi connectivity index (χ4v) is 10.9. The van der Waals surface area contributed by atoms with Crippen LogP contribution in [0.2, 0.25) is 0 Å². The normalized spacial score (nSPS) is 15.6. The third kappa shape index (κ3) is 29.0. The van der Waals surface area contributed by atoms with Crippen LogP contribution in [0.1, 0.15) is 272 Å². The maximum absolute atomic E-state index is 13.4. The minimum atomic E-state index is -0.883. The van der Waals surface area contributed by atoms with E-state index in [2.05, 4.69) is 35.6 Å². The highest BCUT2D eigenvalue weighted by Crippen LogP contribution is 2.31. The van der Waals surface area contributed by atoms with E-state index in [1.165, 1.54) is 135 Å². The molecule has 1 aliphatic rings. The Kier molecular flexibility index (Phi) is 36.6. The van der Waals surface area contributed by atoms with Gasteiger partial charge in [0.05, 0.1) is 23.4 Å². The Morgan fingerprint density at radius 1 is 0.671 bits per heavy atom. The molecule has 0 aromatic carbocycles. The molecule has 0 spiro atoms. The summed E-state index contributed by atoms with van der Waals surface area (Å²) in [5, 5.41) is 9.89. The lowest BCUT2D eigenvalue weighted by atomic mass is 9.92. The fraction of sp³-hybridized carbons (Fsp3) is 0.812. The Morgan fingerprint density at radius 3 is 1.67 bits per heavy atom. The largest absolute Gasteiger partial charge is 0.462 e. The zero-order valence-corrected chi connectivity index (χ0v) is 50.6. The van der Waals surface area contributed by atoms with Gasteiger partial charge in [-0.3, -0.25) is 28.5 Å². The van der Waals surface area contributed by atoms with Gasteiger partial charge in [-0.15, -0.1) is 0 Å². The summed E-state index contributed by atoms with van der Waals surface area (Å²) in [5.74, 6) is -0.888. The molecular formula is C64H108N6O9. The molecule has 2 aromatic heterocycles. The van der Waals surface area contributed by atoms with Gasteiger partial charge in [0.2, 0.25) is 5.91 Å². The minimum Gasteiger partial charge on any atom is -0.462 e. The fourth-order valence-electron chi connectivity index (χ4n) is 10.9. The van der Waals surface area contributed by atoms with Gasteiger partial charge in [0.25, 0.3) is 0 Å². The number of carbonyl (C=O) groups is 5. The molecule has 5 atom stereocenters. The monoisotopic (exact) mass is 1100 g/mol. The van der Waals surface area contributed by atoms with E-state index in [0.29, 0.717) is 43.9 Å². The van der Waals surface area contributed by atoms with Crippen LogP contribution in [0.25, 0.3) is 11.0 Å². The lowest BCUT2D eigenvalue weighted by Gasteiger charge is -2.42. The predicted molar refractivity (Wildman–Crippen MR) is 315 cm³/mol. The number of hydrogen-bond acceptors (Lipinski definition) is 13. The number of likely N-dealkylation sites (tertiary alicyclic amines) is 1. The number of nitriles is 1. The van der Waals surface area contributed by atoms with Crippen LogP contribution in [0.5, 0.6) is 0 Å². The average molecular weight is 1110 g/mol. The molecule has 3 rings (SSSR count). The summed E-state index contributed by atoms with van der Waals surface area (Å²) in [6.45, 7) is 13.2. The van der Waals surface area contributed by atoms with Gasteiger partial charge in [-0.25, -0.2) is 9.97 Å². The number of rotatable bonds is 46. The Bertz CT molecular complexity index is 1990. The summed E-state index contributed by atoms with van der Waals surface area (Å²) in [4.78, 5) is 77.8. The van der Waals surface area contributed by atoms with Crippen LogP contribution in [-0.4, -0.2) is 94.7 Å². The van der Waals surface area contributed by atoms with E-state index in [0.717, 1.165) is 75.4 Å². The first-order chi connectivity index (χ1) is 38.3. The number of ether oxygens (including phenoxy) is 4. The summed E-state index contributed by atoms with van der Waals surface area (Å²) in [6, 6.07) is 3.89. The van der Waals surface area contributed by atoms with E-state index in [4.69, 9.17) is 24.2 Å². The van der Waals surface area contributed by atoms with Crippen molar-refractivity contribution in [2.24, 2.45) is 17.8 Å². The van der Waals surface area contributed by atoms with Gasteiger partial charge in [0, 0.05) is 45.6 Å². The predicted octanol–water partition coefficient (Wildman–Crippen LogP) is 15.3. The van der Waals surface area contributed by atoms with Crippen LogP contribution < -0.4 is 4.90 Å². The summed E-state index contributed by atoms with van der Waals surface area (Å²) < 4.78 is 24.8. The number of carbonyl (C=O) groups excluding carboxylic acids is 5. The smallest absolute Gasteiger partial charge is 0.310 e. The zero-order valence-electron chi connectivity index (χ0n) is 50.6. The number of nitrogens with zero attached hydrogens (tertiary/aromatic N) is 6. The molecule has 3 unspecified atom stereocenters. The molecule has 15 heteroatoms. The number of anilines is 1. The molecule has 0 aliphatic carbocycles. The van der Waals surface area contributed by atoms with Gasteiger partial charge in [-0.1, -0.05) is 208 Å². The van der Waals surface area contributed by atoms with Gasteiger partial charge < -0.3 is 28.7 Å². The van der Waals surface area contributed by atoms with Gasteiger partial charge in [-0.2, -0.15) is 5.26 Å². The van der Waals surface area contributed by atoms with Crippen LogP contribution in [0.3, 0.4) is 0 Å². The van der Waals surface area contributed by atoms with E-state index >= 15 is 0 Å². The Hall–Kier alpha value is -4.74. The number of aromatic nitrogens is 3. The molecule has 3 heterocycles. The first-order valence-electron chi connectivity index (χ1n) is 31.7. The summed E-state index contributed by atoms with van der Waals surface area (Å²) in [7, 11) is 1.97. The second-order valence-corrected chi connectivity index (χ2v) is 23.3. The molecule has 0 radical (unpaired) electrons. The van der Waals surface area contributed by atoms with Crippen LogP contribution in [-0.2, 0) is 42.9 Å². The van der Waals surface area contributed by atoms with Gasteiger partial charge in [0.1, 0.15) is 37.4 Å². The van der Waals surface area contributed by atoms with Crippen molar-refractivity contribution in [3.8, 4) is 6.07 Å². The number of hydrogen-bond donors (Lipinski definition) is 0. The van der Waals surface area contributed by atoms with Crippen LogP contribution in [0, 0.1) is 29.1 Å². The third-order valence-corrected chi connectivity index (χ3v) is 16.1. The van der Waals surface area contributed by atoms with E-state index in [1.54, 1.807) is 4.90 Å². The number of likely N-dealkylation sites (N-methyl/N-ethyl adjacent to an activating group) is 1. The Balaban J connectivity index is 1.40. The highest BCUT2D eigenvalue weighted by atomic mass is 16.6. The van der Waals surface area contributed by atoms with Crippen molar-refractivity contribution >= 4 is 46.6 Å². The number of amides is 1. The van der Waals surface area contributed by atoms with Crippen molar-refractivity contribution in [1.29, 1.82) is 5.26 Å².